The number of hydrogen-bond acceptors (Lipinski definition) is 8. The molecule has 1 aliphatic heterocycles. The number of guanidine groups is 1. The molecular weight excluding hydrogens is 470 g/mol. The van der Waals surface area contributed by atoms with Crippen LogP contribution in [0.25, 0.3) is 0 Å². The summed E-state index contributed by atoms with van der Waals surface area (Å²) in [7, 11) is 0. The third kappa shape index (κ3) is 9.43. The van der Waals surface area contributed by atoms with Gasteiger partial charge in [0.25, 0.3) is 0 Å². The fraction of sp³-hybridized carbons (Fsp3) is 0.684. The summed E-state index contributed by atoms with van der Waals surface area (Å²) in [5.41, 5.74) is 16.3. The molecule has 192 valence electrons. The van der Waals surface area contributed by atoms with E-state index in [9.17, 15) is 24.0 Å². The fourth-order valence-electron chi connectivity index (χ4n) is 3.41. The summed E-state index contributed by atoms with van der Waals surface area (Å²) in [4.78, 5) is 65.6. The molecule has 1 saturated heterocycles. The highest BCUT2D eigenvalue weighted by molar-refractivity contribution is 7.80. The van der Waals surface area contributed by atoms with Gasteiger partial charge in [-0.3, -0.25) is 24.2 Å². The van der Waals surface area contributed by atoms with Gasteiger partial charge in [0.05, 0.1) is 6.04 Å². The van der Waals surface area contributed by atoms with E-state index in [0.717, 1.165) is 0 Å². The normalized spacial score (nSPS) is 17.8. The molecule has 0 aromatic carbocycles. The first kappa shape index (κ1) is 29.0. The number of rotatable bonds is 14. The van der Waals surface area contributed by atoms with Crippen molar-refractivity contribution in [2.45, 2.75) is 62.7 Å². The molecule has 3 amide bonds. The smallest absolute Gasteiger partial charge is 0.327 e. The van der Waals surface area contributed by atoms with Crippen molar-refractivity contribution in [3.05, 3.63) is 0 Å². The zero-order valence-electron chi connectivity index (χ0n) is 18.7. The molecule has 0 radical (unpaired) electrons. The van der Waals surface area contributed by atoms with E-state index in [1.165, 1.54) is 4.90 Å². The predicted octanol–water partition coefficient (Wildman–Crippen LogP) is -2.79. The quantitative estimate of drug-likeness (QED) is 0.0524. The van der Waals surface area contributed by atoms with Gasteiger partial charge in [-0.25, -0.2) is 4.79 Å². The Kier molecular flexibility index (Phi) is 12.1. The van der Waals surface area contributed by atoms with E-state index in [2.05, 4.69) is 28.3 Å². The van der Waals surface area contributed by atoms with Gasteiger partial charge in [0, 0.05) is 25.3 Å². The van der Waals surface area contributed by atoms with E-state index < -0.39 is 60.2 Å². The molecule has 0 aromatic heterocycles. The van der Waals surface area contributed by atoms with Gasteiger partial charge < -0.3 is 42.9 Å². The number of carboxylic acid groups (broad SMARTS) is 2. The van der Waals surface area contributed by atoms with Crippen LogP contribution in [0.3, 0.4) is 0 Å². The minimum absolute atomic E-state index is 0.0920. The number of carboxylic acids is 2. The monoisotopic (exact) mass is 503 g/mol. The molecule has 14 nitrogen and oxygen atoms in total. The van der Waals surface area contributed by atoms with Crippen molar-refractivity contribution in [1.29, 1.82) is 0 Å². The molecule has 0 spiro atoms. The number of nitrogens with two attached hydrogens (primary N) is 3. The fourth-order valence-corrected chi connectivity index (χ4v) is 3.66. The summed E-state index contributed by atoms with van der Waals surface area (Å²) in [5.74, 6) is -4.62. The van der Waals surface area contributed by atoms with E-state index in [4.69, 9.17) is 27.4 Å². The molecule has 0 aromatic rings. The van der Waals surface area contributed by atoms with E-state index in [1.54, 1.807) is 0 Å². The Labute approximate surface area is 202 Å². The minimum Gasteiger partial charge on any atom is -0.481 e. The Morgan fingerprint density at radius 3 is 2.32 bits per heavy atom. The second-order valence-electron chi connectivity index (χ2n) is 7.82. The standard InChI is InChI=1S/C19H33N7O7S/c20-10(3-1-7-23-19(21)22)15(29)24-11(5-6-14(27)28)17(31)26-8-2-4-13(26)16(30)25-12(9-34)18(32)33/h10-13,34H,1-9,20H2,(H,24,29)(H,25,30)(H,27,28)(H,32,33)(H4,21,22,23). The second-order valence-corrected chi connectivity index (χ2v) is 8.19. The SMILES string of the molecule is NC(N)=NCCCC(N)C(=O)NC(CCC(=O)O)C(=O)N1CCCC1C(=O)NC(CS)C(=O)O. The lowest BCUT2D eigenvalue weighted by Gasteiger charge is -2.29. The first-order valence-electron chi connectivity index (χ1n) is 10.8. The van der Waals surface area contributed by atoms with Crippen LogP contribution in [-0.2, 0) is 24.0 Å². The van der Waals surface area contributed by atoms with Crippen molar-refractivity contribution >= 4 is 48.2 Å². The van der Waals surface area contributed by atoms with Gasteiger partial charge in [-0.15, -0.1) is 0 Å². The van der Waals surface area contributed by atoms with Crippen molar-refractivity contribution < 1.29 is 34.2 Å². The number of aliphatic imine (C=N–C) groups is 1. The highest BCUT2D eigenvalue weighted by Gasteiger charge is 2.39. The van der Waals surface area contributed by atoms with Crippen molar-refractivity contribution in [3.63, 3.8) is 0 Å². The van der Waals surface area contributed by atoms with Crippen LogP contribution in [0.2, 0.25) is 0 Å². The lowest BCUT2D eigenvalue weighted by Crippen LogP contribution is -2.57. The number of nitrogens with zero attached hydrogens (tertiary/aromatic N) is 2. The highest BCUT2D eigenvalue weighted by atomic mass is 32.1. The minimum atomic E-state index is -1.26. The van der Waals surface area contributed by atoms with E-state index in [0.29, 0.717) is 19.3 Å². The average Bonchev–Trinajstić information content (AvgIpc) is 3.26. The molecule has 4 unspecified atom stereocenters. The summed E-state index contributed by atoms with van der Waals surface area (Å²) >= 11 is 3.90. The molecule has 1 heterocycles. The molecule has 1 fully saturated rings. The van der Waals surface area contributed by atoms with Crippen molar-refractivity contribution in [3.8, 4) is 0 Å². The van der Waals surface area contributed by atoms with Crippen LogP contribution in [0.1, 0.15) is 38.5 Å². The first-order chi connectivity index (χ1) is 16.0. The summed E-state index contributed by atoms with van der Waals surface area (Å²) in [6.45, 7) is 0.457. The van der Waals surface area contributed by atoms with Gasteiger partial charge in [-0.1, -0.05) is 0 Å². The maximum Gasteiger partial charge on any atom is 0.327 e. The van der Waals surface area contributed by atoms with Gasteiger partial charge in [0.1, 0.15) is 18.1 Å². The van der Waals surface area contributed by atoms with Crippen LogP contribution in [0.5, 0.6) is 0 Å². The number of likely N-dealkylation sites (tertiary alicyclic amines) is 1. The van der Waals surface area contributed by atoms with Gasteiger partial charge in [-0.05, 0) is 32.1 Å². The van der Waals surface area contributed by atoms with Crippen molar-refractivity contribution in [1.82, 2.24) is 15.5 Å². The van der Waals surface area contributed by atoms with Crippen LogP contribution in [0.4, 0.5) is 0 Å². The summed E-state index contributed by atoms with van der Waals surface area (Å²) in [6, 6.07) is -4.39. The number of aliphatic carboxylic acids is 2. The maximum absolute atomic E-state index is 13.2. The topological polar surface area (TPSA) is 244 Å². The van der Waals surface area contributed by atoms with Crippen LogP contribution in [0.15, 0.2) is 4.99 Å². The van der Waals surface area contributed by atoms with E-state index >= 15 is 0 Å². The number of amides is 3. The molecule has 15 heteroatoms. The molecule has 1 aliphatic rings. The Balaban J connectivity index is 2.88. The number of nitrogens with one attached hydrogen (secondary N) is 2. The summed E-state index contributed by atoms with van der Waals surface area (Å²) < 4.78 is 0. The summed E-state index contributed by atoms with van der Waals surface area (Å²) in [5, 5.41) is 23.0. The van der Waals surface area contributed by atoms with Crippen LogP contribution < -0.4 is 27.8 Å². The largest absolute Gasteiger partial charge is 0.481 e. The summed E-state index contributed by atoms with van der Waals surface area (Å²) in [6.07, 6.45) is 0.788. The Bertz CT molecular complexity index is 791. The lowest BCUT2D eigenvalue weighted by atomic mass is 10.1. The molecule has 34 heavy (non-hydrogen) atoms. The van der Waals surface area contributed by atoms with Gasteiger partial charge in [0.2, 0.25) is 17.7 Å². The Morgan fingerprint density at radius 2 is 1.76 bits per heavy atom. The second kappa shape index (κ2) is 14.2. The molecule has 0 saturated carbocycles. The van der Waals surface area contributed by atoms with Gasteiger partial charge in [0.15, 0.2) is 5.96 Å². The molecular formula is C19H33N7O7S. The van der Waals surface area contributed by atoms with E-state index in [1.807, 2.05) is 0 Å². The number of carbonyl (C=O) groups is 5. The zero-order chi connectivity index (χ0) is 25.8. The van der Waals surface area contributed by atoms with Crippen molar-refractivity contribution in [2.24, 2.45) is 22.2 Å². The Morgan fingerprint density at radius 1 is 1.09 bits per heavy atom. The molecule has 0 aliphatic carbocycles. The number of hydrogen-bond donors (Lipinski definition) is 8. The third-order valence-electron chi connectivity index (χ3n) is 5.20. The van der Waals surface area contributed by atoms with Crippen LogP contribution >= 0.6 is 12.6 Å². The average molecular weight is 504 g/mol. The maximum atomic E-state index is 13.2. The molecule has 1 rings (SSSR count). The lowest BCUT2D eigenvalue weighted by molar-refractivity contribution is -0.144. The molecule has 0 bridgehead atoms. The number of thiol groups is 1. The van der Waals surface area contributed by atoms with Gasteiger partial charge >= 0.3 is 11.9 Å². The first-order valence-corrected chi connectivity index (χ1v) is 11.4. The van der Waals surface area contributed by atoms with Crippen LogP contribution in [-0.4, -0.2) is 93.7 Å². The van der Waals surface area contributed by atoms with Gasteiger partial charge in [-0.2, -0.15) is 12.6 Å². The zero-order valence-corrected chi connectivity index (χ0v) is 19.6. The molecule has 4 atom stereocenters. The Hall–Kier alpha value is -3.07. The molecule has 10 N–H and O–H groups in total. The van der Waals surface area contributed by atoms with E-state index in [-0.39, 0.29) is 37.6 Å². The van der Waals surface area contributed by atoms with Crippen LogP contribution in [0, 0.1) is 0 Å². The highest BCUT2D eigenvalue weighted by Crippen LogP contribution is 2.20. The third-order valence-corrected chi connectivity index (χ3v) is 5.57. The predicted molar refractivity (Wildman–Crippen MR) is 125 cm³/mol. The van der Waals surface area contributed by atoms with Crippen molar-refractivity contribution in [2.75, 3.05) is 18.8 Å². The number of carbonyl (C=O) groups excluding carboxylic acids is 3.